The van der Waals surface area contributed by atoms with Crippen LogP contribution in [-0.2, 0) is 0 Å². The Morgan fingerprint density at radius 2 is 1.67 bits per heavy atom. The van der Waals surface area contributed by atoms with Crippen LogP contribution in [0, 0.1) is 12.7 Å². The fourth-order valence-electron chi connectivity index (χ4n) is 3.47. The molecule has 0 unspecified atom stereocenters. The Hall–Kier alpha value is -3.13. The van der Waals surface area contributed by atoms with Crippen LogP contribution in [0.3, 0.4) is 0 Å². The average Bonchev–Trinajstić information content (AvgIpc) is 2.99. The summed E-state index contributed by atoms with van der Waals surface area (Å²) in [4.78, 5) is 38.6. The number of halogens is 1. The lowest BCUT2D eigenvalue weighted by atomic mass is 10.2. The molecule has 3 heterocycles. The number of benzene rings is 1. The largest absolute Gasteiger partial charge is 0.337 e. The van der Waals surface area contributed by atoms with E-state index >= 15 is 0 Å². The zero-order valence-electron chi connectivity index (χ0n) is 16.5. The van der Waals surface area contributed by atoms with E-state index in [9.17, 15) is 14.0 Å². The highest BCUT2D eigenvalue weighted by Crippen LogP contribution is 2.27. The van der Waals surface area contributed by atoms with Crippen molar-refractivity contribution in [3.05, 3.63) is 70.6 Å². The lowest BCUT2D eigenvalue weighted by Crippen LogP contribution is -2.37. The second-order valence-corrected chi connectivity index (χ2v) is 8.07. The highest BCUT2D eigenvalue weighted by Gasteiger charge is 2.27. The van der Waals surface area contributed by atoms with Gasteiger partial charge in [0.25, 0.3) is 11.8 Å². The molecule has 0 atom stereocenters. The summed E-state index contributed by atoms with van der Waals surface area (Å²) in [7, 11) is 0. The lowest BCUT2D eigenvalue weighted by molar-refractivity contribution is 0.0718. The van der Waals surface area contributed by atoms with Crippen LogP contribution in [0.5, 0.6) is 0 Å². The second-order valence-electron chi connectivity index (χ2n) is 7.07. The van der Waals surface area contributed by atoms with Crippen LogP contribution in [0.1, 0.15) is 32.1 Å². The van der Waals surface area contributed by atoms with Gasteiger partial charge in [-0.1, -0.05) is 18.2 Å². The summed E-state index contributed by atoms with van der Waals surface area (Å²) in [6.45, 7) is 3.61. The first-order valence-electron chi connectivity index (χ1n) is 9.76. The summed E-state index contributed by atoms with van der Waals surface area (Å²) in [6.07, 6.45) is 2.33. The Morgan fingerprint density at radius 1 is 0.967 bits per heavy atom. The van der Waals surface area contributed by atoms with Gasteiger partial charge in [0.2, 0.25) is 0 Å². The first-order valence-corrected chi connectivity index (χ1v) is 10.6. The predicted molar refractivity (Wildman–Crippen MR) is 113 cm³/mol. The maximum atomic E-state index is 14.0. The van der Waals surface area contributed by atoms with Crippen LogP contribution in [0.15, 0.2) is 48.7 Å². The molecule has 0 spiro atoms. The van der Waals surface area contributed by atoms with Crippen molar-refractivity contribution in [3.63, 3.8) is 0 Å². The SMILES string of the molecule is Cc1nc(-c2ccccn2)sc1C(=O)N1CCCN(C(=O)c2ccccc2F)CC1. The minimum Gasteiger partial charge on any atom is -0.337 e. The number of aryl methyl sites for hydroxylation is 1. The molecule has 0 saturated carbocycles. The Morgan fingerprint density at radius 3 is 2.37 bits per heavy atom. The van der Waals surface area contributed by atoms with Crippen molar-refractivity contribution in [3.8, 4) is 10.7 Å². The van der Waals surface area contributed by atoms with E-state index in [2.05, 4.69) is 9.97 Å². The zero-order chi connectivity index (χ0) is 21.1. The normalized spacial score (nSPS) is 14.5. The molecule has 8 heteroatoms. The summed E-state index contributed by atoms with van der Waals surface area (Å²) in [5.41, 5.74) is 1.48. The number of rotatable bonds is 3. The fraction of sp³-hybridized carbons (Fsp3) is 0.273. The van der Waals surface area contributed by atoms with E-state index in [1.807, 2.05) is 25.1 Å². The van der Waals surface area contributed by atoms with Gasteiger partial charge in [0.15, 0.2) is 0 Å². The molecule has 1 fully saturated rings. The van der Waals surface area contributed by atoms with Crippen LogP contribution < -0.4 is 0 Å². The van der Waals surface area contributed by atoms with Crippen LogP contribution in [0.25, 0.3) is 10.7 Å². The van der Waals surface area contributed by atoms with E-state index in [0.29, 0.717) is 48.2 Å². The number of carbonyl (C=O) groups excluding carboxylic acids is 2. The van der Waals surface area contributed by atoms with Gasteiger partial charge in [-0.25, -0.2) is 9.37 Å². The Bertz CT molecular complexity index is 1070. The molecular formula is C22H21FN4O2S. The van der Waals surface area contributed by atoms with Gasteiger partial charge in [0, 0.05) is 32.4 Å². The van der Waals surface area contributed by atoms with Crippen molar-refractivity contribution in [2.75, 3.05) is 26.2 Å². The summed E-state index contributed by atoms with van der Waals surface area (Å²) >= 11 is 1.33. The molecule has 0 N–H and O–H groups in total. The van der Waals surface area contributed by atoms with Crippen molar-refractivity contribution in [1.29, 1.82) is 0 Å². The van der Waals surface area contributed by atoms with E-state index in [0.717, 1.165) is 5.69 Å². The third-order valence-corrected chi connectivity index (χ3v) is 6.22. The molecule has 1 aromatic carbocycles. The van der Waals surface area contributed by atoms with Crippen molar-refractivity contribution >= 4 is 23.2 Å². The van der Waals surface area contributed by atoms with E-state index in [1.165, 1.54) is 23.5 Å². The first-order chi connectivity index (χ1) is 14.5. The Kier molecular flexibility index (Phi) is 5.85. The van der Waals surface area contributed by atoms with Crippen LogP contribution in [0.4, 0.5) is 4.39 Å². The van der Waals surface area contributed by atoms with Gasteiger partial charge in [0.1, 0.15) is 15.7 Å². The number of nitrogens with zero attached hydrogens (tertiary/aromatic N) is 4. The van der Waals surface area contributed by atoms with Gasteiger partial charge in [-0.15, -0.1) is 11.3 Å². The zero-order valence-corrected chi connectivity index (χ0v) is 17.4. The van der Waals surface area contributed by atoms with Gasteiger partial charge >= 0.3 is 0 Å². The molecule has 3 aromatic rings. The lowest BCUT2D eigenvalue weighted by Gasteiger charge is -2.22. The molecule has 2 aromatic heterocycles. The van der Waals surface area contributed by atoms with Crippen LogP contribution >= 0.6 is 11.3 Å². The van der Waals surface area contributed by atoms with E-state index in [-0.39, 0.29) is 17.4 Å². The predicted octanol–water partition coefficient (Wildman–Crippen LogP) is 3.64. The number of hydrogen-bond donors (Lipinski definition) is 0. The molecule has 1 saturated heterocycles. The molecule has 0 radical (unpaired) electrons. The van der Waals surface area contributed by atoms with E-state index in [1.54, 1.807) is 28.1 Å². The number of thiazole rings is 1. The number of aromatic nitrogens is 2. The summed E-state index contributed by atoms with van der Waals surface area (Å²) in [6, 6.07) is 11.6. The number of amides is 2. The fourth-order valence-corrected chi connectivity index (χ4v) is 4.48. The Labute approximate surface area is 178 Å². The highest BCUT2D eigenvalue weighted by atomic mass is 32.1. The summed E-state index contributed by atoms with van der Waals surface area (Å²) < 4.78 is 14.0. The first kappa shape index (κ1) is 20.2. The van der Waals surface area contributed by atoms with Crippen molar-refractivity contribution < 1.29 is 14.0 Å². The molecule has 6 nitrogen and oxygen atoms in total. The molecule has 30 heavy (non-hydrogen) atoms. The van der Waals surface area contributed by atoms with Gasteiger partial charge in [-0.3, -0.25) is 14.6 Å². The molecule has 2 amide bonds. The van der Waals surface area contributed by atoms with E-state index < -0.39 is 5.82 Å². The number of pyridine rings is 1. The maximum absolute atomic E-state index is 14.0. The monoisotopic (exact) mass is 424 g/mol. The van der Waals surface area contributed by atoms with E-state index in [4.69, 9.17) is 0 Å². The van der Waals surface area contributed by atoms with Crippen LogP contribution in [-0.4, -0.2) is 57.8 Å². The highest BCUT2D eigenvalue weighted by molar-refractivity contribution is 7.17. The minimum absolute atomic E-state index is 0.0654. The summed E-state index contributed by atoms with van der Waals surface area (Å²) in [5, 5.41) is 0.711. The number of carbonyl (C=O) groups is 2. The van der Waals surface area contributed by atoms with Crippen molar-refractivity contribution in [2.45, 2.75) is 13.3 Å². The van der Waals surface area contributed by atoms with Crippen LogP contribution in [0.2, 0.25) is 0 Å². The third-order valence-electron chi connectivity index (χ3n) is 5.05. The number of hydrogen-bond acceptors (Lipinski definition) is 5. The van der Waals surface area contributed by atoms with Gasteiger partial charge in [-0.05, 0) is 37.6 Å². The summed E-state index contributed by atoms with van der Waals surface area (Å²) in [5.74, 6) is -0.955. The second kappa shape index (κ2) is 8.71. The standard InChI is InChI=1S/C22H21FN4O2S/c1-15-19(30-20(25-15)18-9-4-5-10-24-18)22(29)27-12-6-11-26(13-14-27)21(28)16-7-2-3-8-17(16)23/h2-5,7-10H,6,11-14H2,1H3. The quantitative estimate of drug-likeness (QED) is 0.644. The minimum atomic E-state index is -0.526. The Balaban J connectivity index is 1.47. The molecular weight excluding hydrogens is 403 g/mol. The third kappa shape index (κ3) is 4.09. The van der Waals surface area contributed by atoms with Gasteiger partial charge in [0.05, 0.1) is 17.0 Å². The molecule has 1 aliphatic heterocycles. The molecule has 154 valence electrons. The topological polar surface area (TPSA) is 66.4 Å². The van der Waals surface area contributed by atoms with Crippen molar-refractivity contribution in [1.82, 2.24) is 19.8 Å². The average molecular weight is 425 g/mol. The van der Waals surface area contributed by atoms with Crippen molar-refractivity contribution in [2.24, 2.45) is 0 Å². The van der Waals surface area contributed by atoms with Gasteiger partial charge < -0.3 is 9.80 Å². The molecule has 4 rings (SSSR count). The van der Waals surface area contributed by atoms with Gasteiger partial charge in [-0.2, -0.15) is 0 Å². The maximum Gasteiger partial charge on any atom is 0.265 e. The molecule has 0 bridgehead atoms. The molecule has 0 aliphatic carbocycles. The smallest absolute Gasteiger partial charge is 0.265 e. The molecule has 1 aliphatic rings.